The Labute approximate surface area is 109 Å². The Kier molecular flexibility index (Phi) is 6.32. The summed E-state index contributed by atoms with van der Waals surface area (Å²) in [6.07, 6.45) is 2.76. The number of likely N-dealkylation sites (N-methyl/N-ethyl adjacent to an activating group) is 1. The molecule has 2 unspecified atom stereocenters. The maximum Gasteiger partial charge on any atom is 0.236 e. The maximum absolute atomic E-state index is 12.0. The van der Waals surface area contributed by atoms with E-state index in [2.05, 4.69) is 18.3 Å². The van der Waals surface area contributed by atoms with Crippen LogP contribution < -0.4 is 5.32 Å². The number of amides is 1. The second kappa shape index (κ2) is 7.51. The molecule has 104 valence electrons. The molecule has 0 fully saturated rings. The Bertz CT molecular complexity index is 305. The monoisotopic (exact) mass is 256 g/mol. The maximum atomic E-state index is 12.0. The number of carbonyl (C=O) groups excluding carboxylic acids is 1. The van der Waals surface area contributed by atoms with Gasteiger partial charge in [0.1, 0.15) is 12.2 Å². The van der Waals surface area contributed by atoms with Crippen LogP contribution in [0.1, 0.15) is 13.3 Å². The molecule has 0 aromatic heterocycles. The average Bonchev–Trinajstić information content (AvgIpc) is 2.34. The molecule has 1 amide bonds. The number of nitrogens with zero attached hydrogens (tertiary/aromatic N) is 1. The van der Waals surface area contributed by atoms with E-state index in [4.69, 9.17) is 9.47 Å². The Morgan fingerprint density at radius 3 is 2.78 bits per heavy atom. The highest BCUT2D eigenvalue weighted by atomic mass is 16.5. The molecule has 18 heavy (non-hydrogen) atoms. The van der Waals surface area contributed by atoms with Crippen LogP contribution in [0.15, 0.2) is 11.6 Å². The largest absolute Gasteiger partial charge is 0.377 e. The van der Waals surface area contributed by atoms with E-state index in [1.165, 1.54) is 5.57 Å². The van der Waals surface area contributed by atoms with Crippen molar-refractivity contribution < 1.29 is 14.3 Å². The van der Waals surface area contributed by atoms with Crippen LogP contribution in [0.2, 0.25) is 0 Å². The molecular formula is C13H24N2O3. The summed E-state index contributed by atoms with van der Waals surface area (Å²) in [5, 5.41) is 2.89. The van der Waals surface area contributed by atoms with Crippen LogP contribution in [-0.4, -0.2) is 63.9 Å². The summed E-state index contributed by atoms with van der Waals surface area (Å²) in [5.41, 5.74) is 1.23. The first-order chi connectivity index (χ1) is 8.62. The lowest BCUT2D eigenvalue weighted by atomic mass is 10.0. The third-order valence-electron chi connectivity index (χ3n) is 3.25. The minimum absolute atomic E-state index is 0.0971. The topological polar surface area (TPSA) is 50.8 Å². The number of hydrogen-bond donors (Lipinski definition) is 1. The molecule has 1 aliphatic rings. The summed E-state index contributed by atoms with van der Waals surface area (Å²) in [7, 11) is 5.10. The van der Waals surface area contributed by atoms with Gasteiger partial charge in [0.25, 0.3) is 0 Å². The lowest BCUT2D eigenvalue weighted by Gasteiger charge is -2.32. The van der Waals surface area contributed by atoms with E-state index in [9.17, 15) is 4.79 Å². The molecule has 1 heterocycles. The summed E-state index contributed by atoms with van der Waals surface area (Å²) >= 11 is 0. The van der Waals surface area contributed by atoms with Crippen molar-refractivity contribution in [3.05, 3.63) is 11.6 Å². The van der Waals surface area contributed by atoms with E-state index in [0.29, 0.717) is 13.1 Å². The number of carbonyl (C=O) groups is 1. The summed E-state index contributed by atoms with van der Waals surface area (Å²) in [6, 6.07) is 0. The van der Waals surface area contributed by atoms with Crippen molar-refractivity contribution in [1.82, 2.24) is 10.2 Å². The molecule has 1 N–H and O–H groups in total. The lowest BCUT2D eigenvalue weighted by molar-refractivity contribution is -0.133. The van der Waals surface area contributed by atoms with Gasteiger partial charge in [-0.2, -0.15) is 0 Å². The van der Waals surface area contributed by atoms with Gasteiger partial charge in [0, 0.05) is 27.3 Å². The molecule has 0 saturated carbocycles. The molecule has 5 nitrogen and oxygen atoms in total. The standard InChI is InChI=1S/C13H24N2O3/c1-10-5-6-15(13(16)8-14-2)9-12(18-4)11(7-10)17-3/h7,11-12,14H,5-6,8-9H2,1-4H3/b10-7-. The first-order valence-electron chi connectivity index (χ1n) is 6.27. The van der Waals surface area contributed by atoms with Gasteiger partial charge < -0.3 is 19.7 Å². The van der Waals surface area contributed by atoms with E-state index in [1.807, 2.05) is 4.90 Å². The smallest absolute Gasteiger partial charge is 0.236 e. The van der Waals surface area contributed by atoms with Gasteiger partial charge in [-0.25, -0.2) is 0 Å². The number of methoxy groups -OCH3 is 2. The number of rotatable bonds is 4. The van der Waals surface area contributed by atoms with Crippen LogP contribution in [-0.2, 0) is 14.3 Å². The van der Waals surface area contributed by atoms with Crippen LogP contribution in [0.25, 0.3) is 0 Å². The second-order valence-corrected chi connectivity index (χ2v) is 4.61. The lowest BCUT2D eigenvalue weighted by Crippen LogP contribution is -2.47. The fourth-order valence-electron chi connectivity index (χ4n) is 2.11. The third-order valence-corrected chi connectivity index (χ3v) is 3.25. The van der Waals surface area contributed by atoms with Crippen molar-refractivity contribution in [1.29, 1.82) is 0 Å². The van der Waals surface area contributed by atoms with Crippen molar-refractivity contribution in [2.75, 3.05) is 40.9 Å². The van der Waals surface area contributed by atoms with Crippen molar-refractivity contribution in [2.45, 2.75) is 25.6 Å². The molecule has 0 aromatic carbocycles. The van der Waals surface area contributed by atoms with Crippen LogP contribution >= 0.6 is 0 Å². The molecule has 0 aromatic rings. The Balaban J connectivity index is 2.81. The van der Waals surface area contributed by atoms with Crippen molar-refractivity contribution in [3.8, 4) is 0 Å². The molecule has 0 aliphatic carbocycles. The Morgan fingerprint density at radius 1 is 1.50 bits per heavy atom. The summed E-state index contributed by atoms with van der Waals surface area (Å²) < 4.78 is 10.9. The van der Waals surface area contributed by atoms with Crippen molar-refractivity contribution >= 4 is 5.91 Å². The molecule has 0 radical (unpaired) electrons. The normalized spacial score (nSPS) is 28.2. The first kappa shape index (κ1) is 15.1. The van der Waals surface area contributed by atoms with Gasteiger partial charge in [0.05, 0.1) is 6.54 Å². The van der Waals surface area contributed by atoms with Gasteiger partial charge in [0.15, 0.2) is 0 Å². The molecule has 0 bridgehead atoms. The predicted molar refractivity (Wildman–Crippen MR) is 70.5 cm³/mol. The zero-order valence-corrected chi connectivity index (χ0v) is 11.7. The molecular weight excluding hydrogens is 232 g/mol. The van der Waals surface area contributed by atoms with Crippen LogP contribution in [0.5, 0.6) is 0 Å². The van der Waals surface area contributed by atoms with Crippen LogP contribution in [0, 0.1) is 0 Å². The molecule has 2 atom stereocenters. The predicted octanol–water partition coefficient (Wildman–Crippen LogP) is 0.414. The fourth-order valence-corrected chi connectivity index (χ4v) is 2.11. The van der Waals surface area contributed by atoms with Crippen LogP contribution in [0.3, 0.4) is 0 Å². The van der Waals surface area contributed by atoms with E-state index >= 15 is 0 Å². The summed E-state index contributed by atoms with van der Waals surface area (Å²) in [6.45, 7) is 3.72. The number of ether oxygens (including phenoxy) is 2. The van der Waals surface area contributed by atoms with Gasteiger partial charge in [-0.15, -0.1) is 0 Å². The third kappa shape index (κ3) is 4.08. The first-order valence-corrected chi connectivity index (χ1v) is 6.27. The molecule has 0 saturated heterocycles. The van der Waals surface area contributed by atoms with E-state index < -0.39 is 0 Å². The van der Waals surface area contributed by atoms with Crippen molar-refractivity contribution in [3.63, 3.8) is 0 Å². The van der Waals surface area contributed by atoms with Crippen molar-refractivity contribution in [2.24, 2.45) is 0 Å². The quantitative estimate of drug-likeness (QED) is 0.740. The zero-order chi connectivity index (χ0) is 13.5. The molecule has 1 rings (SSSR count). The minimum Gasteiger partial charge on any atom is -0.377 e. The minimum atomic E-state index is -0.119. The van der Waals surface area contributed by atoms with E-state index in [0.717, 1.165) is 13.0 Å². The van der Waals surface area contributed by atoms with E-state index in [1.54, 1.807) is 21.3 Å². The van der Waals surface area contributed by atoms with Gasteiger partial charge in [-0.3, -0.25) is 4.79 Å². The van der Waals surface area contributed by atoms with E-state index in [-0.39, 0.29) is 18.1 Å². The highest BCUT2D eigenvalue weighted by Gasteiger charge is 2.26. The van der Waals surface area contributed by atoms with Crippen LogP contribution in [0.4, 0.5) is 0 Å². The van der Waals surface area contributed by atoms with Gasteiger partial charge in [-0.05, 0) is 20.4 Å². The van der Waals surface area contributed by atoms with Gasteiger partial charge in [0.2, 0.25) is 5.91 Å². The second-order valence-electron chi connectivity index (χ2n) is 4.61. The molecule has 0 spiro atoms. The fraction of sp³-hybridized carbons (Fsp3) is 0.769. The molecule has 5 heteroatoms. The highest BCUT2D eigenvalue weighted by Crippen LogP contribution is 2.15. The van der Waals surface area contributed by atoms with Gasteiger partial charge in [-0.1, -0.05) is 11.6 Å². The highest BCUT2D eigenvalue weighted by molar-refractivity contribution is 5.78. The Hall–Kier alpha value is -0.910. The summed E-state index contributed by atoms with van der Waals surface area (Å²) in [5.74, 6) is 0.101. The summed E-state index contributed by atoms with van der Waals surface area (Å²) in [4.78, 5) is 13.8. The number of hydrogen-bond acceptors (Lipinski definition) is 4. The zero-order valence-electron chi connectivity index (χ0n) is 11.7. The number of nitrogens with one attached hydrogen (secondary N) is 1. The SMILES string of the molecule is CNCC(=O)N1CC/C(C)=C\C(OC)C(OC)C1. The molecule has 1 aliphatic heterocycles. The Morgan fingerprint density at radius 2 is 2.22 bits per heavy atom. The van der Waals surface area contributed by atoms with Gasteiger partial charge >= 0.3 is 0 Å². The average molecular weight is 256 g/mol.